The van der Waals surface area contributed by atoms with Gasteiger partial charge in [0.05, 0.1) is 12.0 Å². The van der Waals surface area contributed by atoms with Gasteiger partial charge >= 0.3 is 6.18 Å². The fraction of sp³-hybridized carbons (Fsp3) is 0.588. The summed E-state index contributed by atoms with van der Waals surface area (Å²) >= 11 is 0. The molecule has 0 aliphatic heterocycles. The van der Waals surface area contributed by atoms with Gasteiger partial charge in [0.2, 0.25) is 5.91 Å². The lowest BCUT2D eigenvalue weighted by Crippen LogP contribution is -2.44. The Morgan fingerprint density at radius 3 is 2.52 bits per heavy atom. The number of amides is 1. The molecule has 23 heavy (non-hydrogen) atoms. The zero-order valence-electron chi connectivity index (χ0n) is 12.9. The molecule has 6 heteroatoms. The molecule has 1 saturated carbocycles. The fourth-order valence-corrected chi connectivity index (χ4v) is 3.14. The smallest absolute Gasteiger partial charge is 0.391 e. The van der Waals surface area contributed by atoms with Crippen molar-refractivity contribution in [1.82, 2.24) is 5.32 Å². The summed E-state index contributed by atoms with van der Waals surface area (Å²) in [6, 6.07) is 9.25. The normalized spacial score (nSPS) is 23.3. The lowest BCUT2D eigenvalue weighted by Gasteiger charge is -2.32. The predicted molar refractivity (Wildman–Crippen MR) is 80.7 cm³/mol. The van der Waals surface area contributed by atoms with Gasteiger partial charge in [-0.2, -0.15) is 13.2 Å². The van der Waals surface area contributed by atoms with Crippen molar-refractivity contribution in [3.05, 3.63) is 35.9 Å². The van der Waals surface area contributed by atoms with Crippen molar-refractivity contribution < 1.29 is 23.1 Å². The number of halogens is 3. The van der Waals surface area contributed by atoms with Crippen LogP contribution in [-0.4, -0.2) is 29.8 Å². The molecule has 1 aromatic carbocycles. The Balaban J connectivity index is 1.85. The van der Waals surface area contributed by atoms with Crippen LogP contribution >= 0.6 is 0 Å². The third-order valence-electron chi connectivity index (χ3n) is 4.35. The molecule has 3 nitrogen and oxygen atoms in total. The molecule has 0 heterocycles. The molecule has 2 rings (SSSR count). The van der Waals surface area contributed by atoms with Gasteiger partial charge in [0, 0.05) is 18.9 Å². The third kappa shape index (κ3) is 5.23. The van der Waals surface area contributed by atoms with E-state index in [9.17, 15) is 23.1 Å². The number of benzene rings is 1. The molecular weight excluding hydrogens is 307 g/mol. The maximum absolute atomic E-state index is 13.0. The Hall–Kier alpha value is -1.56. The topological polar surface area (TPSA) is 49.3 Å². The monoisotopic (exact) mass is 329 g/mol. The maximum Gasteiger partial charge on any atom is 0.392 e. The van der Waals surface area contributed by atoms with E-state index in [2.05, 4.69) is 5.32 Å². The molecule has 128 valence electrons. The Morgan fingerprint density at radius 1 is 1.22 bits per heavy atom. The largest absolute Gasteiger partial charge is 0.392 e. The molecular formula is C17H22F3NO2. The van der Waals surface area contributed by atoms with Gasteiger partial charge in [0.25, 0.3) is 0 Å². The molecule has 0 radical (unpaired) electrons. The van der Waals surface area contributed by atoms with E-state index >= 15 is 0 Å². The summed E-state index contributed by atoms with van der Waals surface area (Å²) in [5.41, 5.74) is 0.917. The Kier molecular flexibility index (Phi) is 6.04. The standard InChI is InChI=1S/C17H22F3NO2/c18-17(19,20)15-9-5-4-8-14(15)16(23)21-11-13(22)10-12-6-2-1-3-7-12/h1-3,6-7,13-15,22H,4-5,8-11H2,(H,21,23)/t13-,14-,15-/m0/s1. The first-order chi connectivity index (χ1) is 10.9. The fourth-order valence-electron chi connectivity index (χ4n) is 3.14. The zero-order valence-corrected chi connectivity index (χ0v) is 12.9. The van der Waals surface area contributed by atoms with Gasteiger partial charge in [-0.05, 0) is 18.4 Å². The van der Waals surface area contributed by atoms with Crippen molar-refractivity contribution in [3.8, 4) is 0 Å². The number of aliphatic hydroxyl groups excluding tert-OH is 1. The van der Waals surface area contributed by atoms with E-state index in [-0.39, 0.29) is 19.4 Å². The Bertz CT molecular complexity index is 504. The van der Waals surface area contributed by atoms with E-state index in [1.165, 1.54) is 0 Å². The molecule has 1 aliphatic carbocycles. The summed E-state index contributed by atoms with van der Waals surface area (Å²) in [5.74, 6) is -3.20. The van der Waals surface area contributed by atoms with Crippen molar-refractivity contribution in [1.29, 1.82) is 0 Å². The van der Waals surface area contributed by atoms with Gasteiger partial charge in [-0.25, -0.2) is 0 Å². The average Bonchev–Trinajstić information content (AvgIpc) is 2.53. The van der Waals surface area contributed by atoms with Gasteiger partial charge in [-0.3, -0.25) is 4.79 Å². The minimum absolute atomic E-state index is 0.00809. The number of hydrogen-bond acceptors (Lipinski definition) is 2. The van der Waals surface area contributed by atoms with E-state index in [4.69, 9.17) is 0 Å². The van der Waals surface area contributed by atoms with Crippen LogP contribution in [0, 0.1) is 11.8 Å². The highest BCUT2D eigenvalue weighted by Gasteiger charge is 2.47. The van der Waals surface area contributed by atoms with Crippen LogP contribution < -0.4 is 5.32 Å². The van der Waals surface area contributed by atoms with Gasteiger partial charge in [0.15, 0.2) is 0 Å². The van der Waals surface area contributed by atoms with Crippen molar-refractivity contribution in [2.45, 2.75) is 44.4 Å². The van der Waals surface area contributed by atoms with Crippen LogP contribution in [0.2, 0.25) is 0 Å². The highest BCUT2D eigenvalue weighted by molar-refractivity contribution is 5.79. The van der Waals surface area contributed by atoms with E-state index < -0.39 is 30.0 Å². The average molecular weight is 329 g/mol. The van der Waals surface area contributed by atoms with E-state index in [0.29, 0.717) is 19.3 Å². The lowest BCUT2D eigenvalue weighted by molar-refractivity contribution is -0.198. The summed E-state index contributed by atoms with van der Waals surface area (Å²) in [4.78, 5) is 12.1. The van der Waals surface area contributed by atoms with Crippen LogP contribution in [0.25, 0.3) is 0 Å². The number of alkyl halides is 3. The first kappa shape index (κ1) is 17.8. The maximum atomic E-state index is 13.0. The van der Waals surface area contributed by atoms with E-state index in [1.54, 1.807) is 0 Å². The molecule has 1 aliphatic rings. The van der Waals surface area contributed by atoms with Crippen LogP contribution in [-0.2, 0) is 11.2 Å². The van der Waals surface area contributed by atoms with Gasteiger partial charge in [-0.15, -0.1) is 0 Å². The molecule has 0 saturated heterocycles. The highest BCUT2D eigenvalue weighted by atomic mass is 19.4. The molecule has 1 amide bonds. The van der Waals surface area contributed by atoms with E-state index in [0.717, 1.165) is 5.56 Å². The van der Waals surface area contributed by atoms with Crippen LogP contribution in [0.5, 0.6) is 0 Å². The number of carbonyl (C=O) groups excluding carboxylic acids is 1. The lowest BCUT2D eigenvalue weighted by atomic mass is 9.78. The SMILES string of the molecule is O=C(NC[C@@H](O)Cc1ccccc1)[C@H]1CCCC[C@@H]1C(F)(F)F. The summed E-state index contributed by atoms with van der Waals surface area (Å²) in [5, 5.41) is 12.4. The molecule has 0 aromatic heterocycles. The van der Waals surface area contributed by atoms with E-state index in [1.807, 2.05) is 30.3 Å². The highest BCUT2D eigenvalue weighted by Crippen LogP contribution is 2.41. The number of aliphatic hydroxyl groups is 1. The molecule has 0 unspecified atom stereocenters. The van der Waals surface area contributed by atoms with Gasteiger partial charge in [0.1, 0.15) is 0 Å². The minimum atomic E-state index is -4.34. The second-order valence-corrected chi connectivity index (χ2v) is 6.13. The van der Waals surface area contributed by atoms with Crippen molar-refractivity contribution in [3.63, 3.8) is 0 Å². The first-order valence-electron chi connectivity index (χ1n) is 7.94. The van der Waals surface area contributed by atoms with Gasteiger partial charge in [-0.1, -0.05) is 43.2 Å². The van der Waals surface area contributed by atoms with Gasteiger partial charge < -0.3 is 10.4 Å². The quantitative estimate of drug-likeness (QED) is 0.872. The molecule has 1 fully saturated rings. The molecule has 0 bridgehead atoms. The van der Waals surface area contributed by atoms with Crippen molar-refractivity contribution in [2.75, 3.05) is 6.54 Å². The Labute approximate surface area is 133 Å². The summed E-state index contributed by atoms with van der Waals surface area (Å²) in [6.07, 6.45) is -3.39. The molecule has 2 N–H and O–H groups in total. The third-order valence-corrected chi connectivity index (χ3v) is 4.35. The minimum Gasteiger partial charge on any atom is -0.391 e. The Morgan fingerprint density at radius 2 is 1.87 bits per heavy atom. The van der Waals surface area contributed by atoms with Crippen LogP contribution in [0.15, 0.2) is 30.3 Å². The molecule has 3 atom stereocenters. The second-order valence-electron chi connectivity index (χ2n) is 6.13. The summed E-state index contributed by atoms with van der Waals surface area (Å²) < 4.78 is 39.0. The predicted octanol–water partition coefficient (Wildman–Crippen LogP) is 3.07. The number of hydrogen-bond donors (Lipinski definition) is 2. The number of nitrogens with one attached hydrogen (secondary N) is 1. The van der Waals surface area contributed by atoms with Crippen LogP contribution in [0.3, 0.4) is 0 Å². The van der Waals surface area contributed by atoms with Crippen LogP contribution in [0.4, 0.5) is 13.2 Å². The summed E-state index contributed by atoms with van der Waals surface area (Å²) in [6.45, 7) is -0.0329. The van der Waals surface area contributed by atoms with Crippen LogP contribution in [0.1, 0.15) is 31.2 Å². The molecule has 0 spiro atoms. The number of rotatable bonds is 5. The molecule has 1 aromatic rings. The zero-order chi connectivity index (χ0) is 16.9. The second kappa shape index (κ2) is 7.81. The summed E-state index contributed by atoms with van der Waals surface area (Å²) in [7, 11) is 0. The van der Waals surface area contributed by atoms with Crippen molar-refractivity contribution in [2.24, 2.45) is 11.8 Å². The van der Waals surface area contributed by atoms with Crippen molar-refractivity contribution >= 4 is 5.91 Å². The number of carbonyl (C=O) groups is 1. The first-order valence-corrected chi connectivity index (χ1v) is 7.94.